The van der Waals surface area contributed by atoms with E-state index in [0.29, 0.717) is 30.2 Å². The van der Waals surface area contributed by atoms with Crippen LogP contribution in [0.2, 0.25) is 0 Å². The van der Waals surface area contributed by atoms with Gasteiger partial charge >= 0.3 is 0 Å². The van der Waals surface area contributed by atoms with Gasteiger partial charge in [-0.15, -0.1) is 0 Å². The number of aromatic nitrogens is 3. The van der Waals surface area contributed by atoms with Gasteiger partial charge in [-0.1, -0.05) is 12.1 Å². The lowest BCUT2D eigenvalue weighted by Crippen LogP contribution is -2.36. The number of aryl methyl sites for hydroxylation is 1. The standard InChI is InChI=1S/C22H21N5O2/c28-21(19-5-1-2-10-23-19)24-16-8-7-14-9-11-27(13-15(14)12-16)22(29)20-17-4-3-6-18(17)25-26-20/h1-2,5,7-8,10,12H,3-4,6,9,11,13H2,(H,24,28)(H,25,26). The first-order chi connectivity index (χ1) is 14.2. The second-order valence-electron chi connectivity index (χ2n) is 7.51. The number of rotatable bonds is 3. The number of nitrogens with one attached hydrogen (secondary N) is 2. The van der Waals surface area contributed by atoms with Crippen molar-refractivity contribution >= 4 is 17.5 Å². The van der Waals surface area contributed by atoms with E-state index < -0.39 is 0 Å². The van der Waals surface area contributed by atoms with Crippen LogP contribution in [0.4, 0.5) is 5.69 Å². The molecule has 5 rings (SSSR count). The topological polar surface area (TPSA) is 91.0 Å². The number of carbonyl (C=O) groups is 2. The van der Waals surface area contributed by atoms with Gasteiger partial charge in [0.1, 0.15) is 5.69 Å². The Morgan fingerprint density at radius 1 is 1.07 bits per heavy atom. The quantitative estimate of drug-likeness (QED) is 0.723. The highest BCUT2D eigenvalue weighted by molar-refractivity contribution is 6.02. The molecule has 0 saturated heterocycles. The van der Waals surface area contributed by atoms with E-state index in [1.54, 1.807) is 24.4 Å². The molecule has 0 fully saturated rings. The Balaban J connectivity index is 1.34. The molecule has 7 heteroatoms. The maximum atomic E-state index is 13.0. The third kappa shape index (κ3) is 3.29. The van der Waals surface area contributed by atoms with Crippen molar-refractivity contribution in [2.75, 3.05) is 11.9 Å². The Bertz CT molecular complexity index is 1090. The molecule has 0 unspecified atom stereocenters. The summed E-state index contributed by atoms with van der Waals surface area (Å²) in [7, 11) is 0. The van der Waals surface area contributed by atoms with Gasteiger partial charge in [-0.05, 0) is 61.1 Å². The molecule has 0 spiro atoms. The molecule has 3 heterocycles. The van der Waals surface area contributed by atoms with Gasteiger partial charge in [-0.3, -0.25) is 19.7 Å². The highest BCUT2D eigenvalue weighted by Crippen LogP contribution is 2.27. The van der Waals surface area contributed by atoms with E-state index in [2.05, 4.69) is 20.5 Å². The Morgan fingerprint density at radius 3 is 2.86 bits per heavy atom. The summed E-state index contributed by atoms with van der Waals surface area (Å²) in [4.78, 5) is 31.3. The number of fused-ring (bicyclic) bond motifs is 2. The number of aromatic amines is 1. The molecule has 3 aromatic rings. The number of hydrogen-bond donors (Lipinski definition) is 2. The van der Waals surface area contributed by atoms with Crippen LogP contribution < -0.4 is 5.32 Å². The fraction of sp³-hybridized carbons (Fsp3) is 0.273. The van der Waals surface area contributed by atoms with Gasteiger partial charge in [-0.2, -0.15) is 5.10 Å². The second-order valence-corrected chi connectivity index (χ2v) is 7.51. The molecule has 0 atom stereocenters. The van der Waals surface area contributed by atoms with E-state index >= 15 is 0 Å². The Labute approximate surface area is 168 Å². The molecule has 1 aliphatic carbocycles. The van der Waals surface area contributed by atoms with Crippen molar-refractivity contribution in [1.82, 2.24) is 20.1 Å². The molecule has 2 amide bonds. The zero-order valence-electron chi connectivity index (χ0n) is 15.9. The summed E-state index contributed by atoms with van der Waals surface area (Å²) in [6.07, 6.45) is 5.35. The predicted molar refractivity (Wildman–Crippen MR) is 108 cm³/mol. The van der Waals surface area contributed by atoms with Crippen molar-refractivity contribution < 1.29 is 9.59 Å². The van der Waals surface area contributed by atoms with Gasteiger partial charge < -0.3 is 10.2 Å². The van der Waals surface area contributed by atoms with E-state index in [1.807, 2.05) is 23.1 Å². The van der Waals surface area contributed by atoms with Crippen molar-refractivity contribution in [2.45, 2.75) is 32.2 Å². The summed E-state index contributed by atoms with van der Waals surface area (Å²) < 4.78 is 0. The number of pyridine rings is 1. The number of H-pyrrole nitrogens is 1. The fourth-order valence-electron chi connectivity index (χ4n) is 4.15. The third-order valence-corrected chi connectivity index (χ3v) is 5.67. The lowest BCUT2D eigenvalue weighted by atomic mass is 9.98. The van der Waals surface area contributed by atoms with Crippen LogP contribution >= 0.6 is 0 Å². The first-order valence-electron chi connectivity index (χ1n) is 9.88. The van der Waals surface area contributed by atoms with Crippen LogP contribution in [0.5, 0.6) is 0 Å². The van der Waals surface area contributed by atoms with E-state index in [4.69, 9.17) is 0 Å². The number of anilines is 1. The SMILES string of the molecule is O=C(Nc1ccc2c(c1)CN(C(=O)c1n[nH]c3c1CCC3)CC2)c1ccccn1. The minimum atomic E-state index is -0.249. The molecule has 7 nitrogen and oxygen atoms in total. The minimum Gasteiger partial charge on any atom is -0.333 e. The first-order valence-corrected chi connectivity index (χ1v) is 9.88. The van der Waals surface area contributed by atoms with Crippen LogP contribution in [0, 0.1) is 0 Å². The van der Waals surface area contributed by atoms with E-state index in [1.165, 1.54) is 5.56 Å². The molecule has 0 radical (unpaired) electrons. The monoisotopic (exact) mass is 387 g/mol. The van der Waals surface area contributed by atoms with Crippen molar-refractivity contribution in [3.8, 4) is 0 Å². The van der Waals surface area contributed by atoms with Crippen LogP contribution in [-0.4, -0.2) is 38.4 Å². The molecule has 2 aliphatic rings. The average Bonchev–Trinajstić information content (AvgIpc) is 3.37. The summed E-state index contributed by atoms with van der Waals surface area (Å²) in [5.41, 5.74) is 6.08. The van der Waals surface area contributed by atoms with Crippen molar-refractivity contribution in [3.63, 3.8) is 0 Å². The van der Waals surface area contributed by atoms with Crippen LogP contribution in [-0.2, 0) is 25.8 Å². The smallest absolute Gasteiger partial charge is 0.274 e. The van der Waals surface area contributed by atoms with E-state index in [9.17, 15) is 9.59 Å². The Morgan fingerprint density at radius 2 is 2.00 bits per heavy atom. The lowest BCUT2D eigenvalue weighted by molar-refractivity contribution is 0.0727. The largest absolute Gasteiger partial charge is 0.333 e. The maximum Gasteiger partial charge on any atom is 0.274 e. The fourth-order valence-corrected chi connectivity index (χ4v) is 4.15. The summed E-state index contributed by atoms with van der Waals surface area (Å²) in [5, 5.41) is 10.2. The Kier molecular flexibility index (Phi) is 4.35. The molecule has 146 valence electrons. The van der Waals surface area contributed by atoms with Crippen molar-refractivity contribution in [2.24, 2.45) is 0 Å². The summed E-state index contributed by atoms with van der Waals surface area (Å²) in [5.74, 6) is -0.264. The normalized spacial score (nSPS) is 15.0. The van der Waals surface area contributed by atoms with Crippen molar-refractivity contribution in [1.29, 1.82) is 0 Å². The molecule has 0 saturated carbocycles. The van der Waals surface area contributed by atoms with Crippen LogP contribution in [0.15, 0.2) is 42.6 Å². The second kappa shape index (κ2) is 7.16. The predicted octanol–water partition coefficient (Wildman–Crippen LogP) is 2.74. The minimum absolute atomic E-state index is 0.0158. The number of nitrogens with zero attached hydrogens (tertiary/aromatic N) is 3. The van der Waals surface area contributed by atoms with Gasteiger partial charge in [-0.25, -0.2) is 0 Å². The highest BCUT2D eigenvalue weighted by Gasteiger charge is 2.28. The highest BCUT2D eigenvalue weighted by atomic mass is 16.2. The first kappa shape index (κ1) is 17.6. The van der Waals surface area contributed by atoms with Gasteiger partial charge in [0.15, 0.2) is 5.69 Å². The average molecular weight is 387 g/mol. The van der Waals surface area contributed by atoms with Crippen molar-refractivity contribution in [3.05, 3.63) is 76.4 Å². The summed E-state index contributed by atoms with van der Waals surface area (Å²) in [6, 6.07) is 11.1. The van der Waals surface area contributed by atoms with Gasteiger partial charge in [0.25, 0.3) is 11.8 Å². The number of benzene rings is 1. The van der Waals surface area contributed by atoms with E-state index in [0.717, 1.165) is 42.5 Å². The maximum absolute atomic E-state index is 13.0. The molecular weight excluding hydrogens is 366 g/mol. The zero-order chi connectivity index (χ0) is 19.8. The number of hydrogen-bond acceptors (Lipinski definition) is 4. The summed E-state index contributed by atoms with van der Waals surface area (Å²) in [6.45, 7) is 1.19. The number of carbonyl (C=O) groups excluding carboxylic acids is 2. The third-order valence-electron chi connectivity index (χ3n) is 5.67. The molecule has 0 bridgehead atoms. The van der Waals surface area contributed by atoms with Crippen LogP contribution in [0.1, 0.15) is 49.8 Å². The van der Waals surface area contributed by atoms with Gasteiger partial charge in [0.05, 0.1) is 0 Å². The molecular formula is C22H21N5O2. The van der Waals surface area contributed by atoms with Gasteiger partial charge in [0.2, 0.25) is 0 Å². The molecule has 2 aromatic heterocycles. The molecule has 1 aliphatic heterocycles. The summed E-state index contributed by atoms with van der Waals surface area (Å²) >= 11 is 0. The Hall–Kier alpha value is -3.48. The van der Waals surface area contributed by atoms with Crippen LogP contribution in [0.3, 0.4) is 0 Å². The molecule has 2 N–H and O–H groups in total. The zero-order valence-corrected chi connectivity index (χ0v) is 15.9. The lowest BCUT2D eigenvalue weighted by Gasteiger charge is -2.29. The molecule has 1 aromatic carbocycles. The molecule has 29 heavy (non-hydrogen) atoms. The number of amides is 2. The van der Waals surface area contributed by atoms with E-state index in [-0.39, 0.29) is 11.8 Å². The van der Waals surface area contributed by atoms with Crippen LogP contribution in [0.25, 0.3) is 0 Å². The van der Waals surface area contributed by atoms with Gasteiger partial charge in [0, 0.05) is 36.2 Å².